The van der Waals surface area contributed by atoms with E-state index in [1.807, 2.05) is 0 Å². The van der Waals surface area contributed by atoms with Crippen LogP contribution in [0, 0.1) is 0 Å². The van der Waals surface area contributed by atoms with Crippen LogP contribution in [-0.4, -0.2) is 84.9 Å². The Morgan fingerprint density at radius 3 is 2.65 bits per heavy atom. The highest BCUT2D eigenvalue weighted by Crippen LogP contribution is 2.46. The Hall–Kier alpha value is -1.68. The summed E-state index contributed by atoms with van der Waals surface area (Å²) in [6, 6.07) is -1.72. The molecule has 3 fully saturated rings. The molecule has 3 atom stereocenters. The van der Waals surface area contributed by atoms with E-state index in [9.17, 15) is 22.8 Å². The van der Waals surface area contributed by atoms with Gasteiger partial charge >= 0.3 is 0 Å². The first-order valence-corrected chi connectivity index (χ1v) is 10.3. The zero-order chi connectivity index (χ0) is 19.3. The van der Waals surface area contributed by atoms with Gasteiger partial charge in [0.2, 0.25) is 17.7 Å². The Kier molecular flexibility index (Phi) is 4.76. The summed E-state index contributed by atoms with van der Waals surface area (Å²) in [5.41, 5.74) is 0. The van der Waals surface area contributed by atoms with Crippen molar-refractivity contribution in [3.8, 4) is 0 Å². The summed E-state index contributed by atoms with van der Waals surface area (Å²) in [6.07, 6.45) is 1.10. The molecule has 3 saturated heterocycles. The van der Waals surface area contributed by atoms with Gasteiger partial charge in [-0.15, -0.1) is 0 Å². The lowest BCUT2D eigenvalue weighted by Gasteiger charge is -2.39. The molecule has 1 N–H and O–H groups in total. The molecule has 3 aliphatic heterocycles. The lowest BCUT2D eigenvalue weighted by molar-refractivity contribution is -0.155. The molecule has 10 heteroatoms. The molecule has 0 aromatic rings. The maximum Gasteiger partial charge on any atom is 0.247 e. The van der Waals surface area contributed by atoms with E-state index in [4.69, 9.17) is 4.74 Å². The Bertz CT molecular complexity index is 734. The van der Waals surface area contributed by atoms with Crippen molar-refractivity contribution in [1.29, 1.82) is 0 Å². The summed E-state index contributed by atoms with van der Waals surface area (Å²) in [6.45, 7) is 4.05. The number of carbonyl (C=O) groups is 3. The van der Waals surface area contributed by atoms with Crippen LogP contribution in [0.25, 0.3) is 0 Å². The molecule has 146 valence electrons. The van der Waals surface area contributed by atoms with Gasteiger partial charge in [-0.1, -0.05) is 0 Å². The third-order valence-corrected chi connectivity index (χ3v) is 8.45. The standard InChI is InChI=1S/C16H25N3O6S/c1-16(2)13(19-11(20)9-12(19)26(16,23)24)15(22)18-7-4-5-10(18)14(21)17-6-8-25-3/h10,12-13H,4-9H2,1-3H3,(H,17,21). The van der Waals surface area contributed by atoms with Gasteiger partial charge in [-0.05, 0) is 26.7 Å². The predicted octanol–water partition coefficient (Wildman–Crippen LogP) is -1.13. The largest absolute Gasteiger partial charge is 0.383 e. The highest BCUT2D eigenvalue weighted by Gasteiger charge is 2.68. The molecular formula is C16H25N3O6S. The van der Waals surface area contributed by atoms with E-state index in [1.165, 1.54) is 30.8 Å². The molecule has 0 saturated carbocycles. The number of methoxy groups -OCH3 is 1. The van der Waals surface area contributed by atoms with Gasteiger partial charge < -0.3 is 19.9 Å². The fraction of sp³-hybridized carbons (Fsp3) is 0.812. The second-order valence-corrected chi connectivity index (χ2v) is 10.2. The zero-order valence-corrected chi connectivity index (χ0v) is 16.0. The molecule has 3 unspecified atom stereocenters. The summed E-state index contributed by atoms with van der Waals surface area (Å²) in [4.78, 5) is 40.2. The molecule has 0 aliphatic carbocycles. The Labute approximate surface area is 152 Å². The number of nitrogens with zero attached hydrogens (tertiary/aromatic N) is 2. The minimum absolute atomic E-state index is 0.0729. The van der Waals surface area contributed by atoms with Crippen molar-refractivity contribution in [1.82, 2.24) is 15.1 Å². The van der Waals surface area contributed by atoms with Crippen LogP contribution in [-0.2, 0) is 29.0 Å². The van der Waals surface area contributed by atoms with Crippen molar-refractivity contribution in [3.63, 3.8) is 0 Å². The lowest BCUT2D eigenvalue weighted by Crippen LogP contribution is -2.61. The second kappa shape index (κ2) is 6.49. The van der Waals surface area contributed by atoms with E-state index in [0.717, 1.165) is 0 Å². The number of sulfone groups is 1. The van der Waals surface area contributed by atoms with E-state index in [2.05, 4.69) is 5.32 Å². The summed E-state index contributed by atoms with van der Waals surface area (Å²) >= 11 is 0. The Morgan fingerprint density at radius 1 is 1.35 bits per heavy atom. The molecule has 9 nitrogen and oxygen atoms in total. The van der Waals surface area contributed by atoms with Crippen LogP contribution in [0.15, 0.2) is 0 Å². The third kappa shape index (κ3) is 2.61. The predicted molar refractivity (Wildman–Crippen MR) is 91.7 cm³/mol. The number of ether oxygens (including phenoxy) is 1. The minimum atomic E-state index is -3.64. The normalized spacial score (nSPS) is 31.5. The fourth-order valence-corrected chi connectivity index (χ4v) is 6.21. The topological polar surface area (TPSA) is 113 Å². The van der Waals surface area contributed by atoms with Gasteiger partial charge in [-0.25, -0.2) is 8.42 Å². The van der Waals surface area contributed by atoms with Gasteiger partial charge in [0.05, 0.1) is 17.8 Å². The van der Waals surface area contributed by atoms with Gasteiger partial charge in [-0.2, -0.15) is 0 Å². The molecule has 3 aliphatic rings. The highest BCUT2D eigenvalue weighted by atomic mass is 32.2. The first-order valence-electron chi connectivity index (χ1n) is 8.76. The van der Waals surface area contributed by atoms with E-state index < -0.39 is 37.9 Å². The van der Waals surface area contributed by atoms with Crippen molar-refractivity contribution in [2.45, 2.75) is 55.3 Å². The number of amides is 3. The van der Waals surface area contributed by atoms with E-state index in [0.29, 0.717) is 32.5 Å². The molecule has 0 bridgehead atoms. The number of hydrogen-bond acceptors (Lipinski definition) is 6. The fourth-order valence-electron chi connectivity index (χ4n) is 4.08. The molecule has 0 spiro atoms. The van der Waals surface area contributed by atoms with Crippen molar-refractivity contribution in [2.75, 3.05) is 26.8 Å². The molecule has 3 amide bonds. The van der Waals surface area contributed by atoms with Crippen LogP contribution in [0.1, 0.15) is 33.1 Å². The van der Waals surface area contributed by atoms with Crippen LogP contribution in [0.3, 0.4) is 0 Å². The molecule has 26 heavy (non-hydrogen) atoms. The number of rotatable bonds is 5. The van der Waals surface area contributed by atoms with Crippen LogP contribution in [0.5, 0.6) is 0 Å². The van der Waals surface area contributed by atoms with Crippen LogP contribution >= 0.6 is 0 Å². The van der Waals surface area contributed by atoms with Crippen LogP contribution in [0.2, 0.25) is 0 Å². The Balaban J connectivity index is 1.81. The van der Waals surface area contributed by atoms with Crippen LogP contribution in [0.4, 0.5) is 0 Å². The van der Waals surface area contributed by atoms with Gasteiger partial charge in [0.15, 0.2) is 9.84 Å². The van der Waals surface area contributed by atoms with Crippen molar-refractivity contribution >= 4 is 27.6 Å². The maximum absolute atomic E-state index is 13.2. The van der Waals surface area contributed by atoms with E-state index in [-0.39, 0.29) is 18.2 Å². The van der Waals surface area contributed by atoms with Gasteiger partial charge in [0.25, 0.3) is 0 Å². The van der Waals surface area contributed by atoms with E-state index in [1.54, 1.807) is 0 Å². The lowest BCUT2D eigenvalue weighted by atomic mass is 9.96. The SMILES string of the molecule is COCCNC(=O)C1CCCN1C(=O)C1N2C(=O)CC2S(=O)(=O)C1(C)C. The third-order valence-electron chi connectivity index (χ3n) is 5.65. The molecule has 0 aromatic heterocycles. The summed E-state index contributed by atoms with van der Waals surface area (Å²) in [5.74, 6) is -1.07. The molecule has 3 heterocycles. The van der Waals surface area contributed by atoms with Gasteiger partial charge in [0.1, 0.15) is 17.5 Å². The highest BCUT2D eigenvalue weighted by molar-refractivity contribution is 7.93. The summed E-state index contributed by atoms with van der Waals surface area (Å²) in [7, 11) is -2.11. The maximum atomic E-state index is 13.2. The number of hydrogen-bond donors (Lipinski definition) is 1. The van der Waals surface area contributed by atoms with Crippen molar-refractivity contribution in [2.24, 2.45) is 0 Å². The number of β-lactam (4-membered cyclic amide) rings is 1. The summed E-state index contributed by atoms with van der Waals surface area (Å²) in [5, 5.41) is 1.80. The average Bonchev–Trinajstić information content (AvgIpc) is 3.09. The number of likely N-dealkylation sites (tertiary alicyclic amines) is 1. The smallest absolute Gasteiger partial charge is 0.247 e. The monoisotopic (exact) mass is 387 g/mol. The molecule has 3 rings (SSSR count). The van der Waals surface area contributed by atoms with Gasteiger partial charge in [-0.3, -0.25) is 14.4 Å². The first kappa shape index (κ1) is 19.1. The van der Waals surface area contributed by atoms with E-state index >= 15 is 0 Å². The first-order chi connectivity index (χ1) is 12.1. The summed E-state index contributed by atoms with van der Waals surface area (Å²) < 4.78 is 28.9. The minimum Gasteiger partial charge on any atom is -0.383 e. The average molecular weight is 387 g/mol. The number of carbonyl (C=O) groups excluding carboxylic acids is 3. The van der Waals surface area contributed by atoms with Crippen molar-refractivity contribution in [3.05, 3.63) is 0 Å². The van der Waals surface area contributed by atoms with Gasteiger partial charge in [0, 0.05) is 20.2 Å². The molecule has 0 aromatic carbocycles. The Morgan fingerprint density at radius 2 is 2.04 bits per heavy atom. The van der Waals surface area contributed by atoms with Crippen molar-refractivity contribution < 1.29 is 27.5 Å². The zero-order valence-electron chi connectivity index (χ0n) is 15.2. The molecular weight excluding hydrogens is 362 g/mol. The number of fused-ring (bicyclic) bond motifs is 1. The quantitative estimate of drug-likeness (QED) is 0.472. The molecule has 0 radical (unpaired) electrons. The second-order valence-electron chi connectivity index (χ2n) is 7.48. The number of nitrogens with one attached hydrogen (secondary N) is 1. The van der Waals surface area contributed by atoms with Crippen LogP contribution < -0.4 is 5.32 Å².